The first-order chi connectivity index (χ1) is 6.53. The third kappa shape index (κ3) is 3.29. The number of phenols is 1. The van der Waals surface area contributed by atoms with Gasteiger partial charge in [0.15, 0.2) is 0 Å². The second-order valence-corrected chi connectivity index (χ2v) is 4.42. The van der Waals surface area contributed by atoms with Crippen molar-refractivity contribution in [3.8, 4) is 5.75 Å². The molecule has 0 aliphatic rings. The Kier molecular flexibility index (Phi) is 3.39. The molecular weight excluding hydrogens is 174 g/mol. The Bertz CT molecular complexity index is 277. The summed E-state index contributed by atoms with van der Waals surface area (Å²) in [7, 11) is 0. The Morgan fingerprint density at radius 3 is 2.29 bits per heavy atom. The van der Waals surface area contributed by atoms with Gasteiger partial charge in [-0.05, 0) is 36.1 Å². The van der Waals surface area contributed by atoms with Crippen molar-refractivity contribution >= 4 is 5.69 Å². The molecule has 0 aromatic heterocycles. The van der Waals surface area contributed by atoms with Crippen LogP contribution in [0.2, 0.25) is 0 Å². The highest BCUT2D eigenvalue weighted by Crippen LogP contribution is 2.21. The minimum atomic E-state index is 0.310. The molecule has 0 saturated carbocycles. The van der Waals surface area contributed by atoms with E-state index in [9.17, 15) is 0 Å². The van der Waals surface area contributed by atoms with Gasteiger partial charge in [0, 0.05) is 12.2 Å². The fourth-order valence-corrected chi connectivity index (χ4v) is 1.05. The van der Waals surface area contributed by atoms with Crippen LogP contribution in [0.4, 0.5) is 5.69 Å². The van der Waals surface area contributed by atoms with Crippen LogP contribution in [0, 0.1) is 5.41 Å². The highest BCUT2D eigenvalue weighted by atomic mass is 16.3. The summed E-state index contributed by atoms with van der Waals surface area (Å²) in [6, 6.07) is 7.17. The molecule has 0 radical (unpaired) electrons. The van der Waals surface area contributed by atoms with E-state index >= 15 is 0 Å². The van der Waals surface area contributed by atoms with Crippen LogP contribution >= 0.6 is 0 Å². The van der Waals surface area contributed by atoms with Crippen molar-refractivity contribution in [2.24, 2.45) is 5.41 Å². The Morgan fingerprint density at radius 1 is 1.21 bits per heavy atom. The highest BCUT2D eigenvalue weighted by Gasteiger charge is 2.13. The van der Waals surface area contributed by atoms with E-state index in [0.29, 0.717) is 11.2 Å². The quantitative estimate of drug-likeness (QED) is 0.719. The van der Waals surface area contributed by atoms with Gasteiger partial charge in [0.2, 0.25) is 0 Å². The van der Waals surface area contributed by atoms with Gasteiger partial charge in [-0.3, -0.25) is 0 Å². The average molecular weight is 193 g/mol. The maximum atomic E-state index is 9.10. The molecule has 78 valence electrons. The molecule has 0 heterocycles. The molecule has 0 aliphatic carbocycles. The zero-order valence-corrected chi connectivity index (χ0v) is 9.17. The van der Waals surface area contributed by atoms with Crippen LogP contribution in [-0.4, -0.2) is 11.7 Å². The number of hydrogen-bond acceptors (Lipinski definition) is 2. The summed E-state index contributed by atoms with van der Waals surface area (Å²) >= 11 is 0. The van der Waals surface area contributed by atoms with Crippen molar-refractivity contribution in [1.29, 1.82) is 0 Å². The Morgan fingerprint density at radius 2 is 1.79 bits per heavy atom. The number of phenolic OH excluding ortho intramolecular Hbond substituents is 1. The van der Waals surface area contributed by atoms with Crippen LogP contribution in [0.3, 0.4) is 0 Å². The minimum absolute atomic E-state index is 0.310. The molecule has 2 heteroatoms. The molecule has 14 heavy (non-hydrogen) atoms. The van der Waals surface area contributed by atoms with Gasteiger partial charge in [0.1, 0.15) is 5.75 Å². The van der Waals surface area contributed by atoms with E-state index in [1.807, 2.05) is 12.1 Å². The maximum absolute atomic E-state index is 9.10. The third-order valence-electron chi connectivity index (χ3n) is 2.60. The topological polar surface area (TPSA) is 32.3 Å². The lowest BCUT2D eigenvalue weighted by atomic mass is 9.90. The maximum Gasteiger partial charge on any atom is 0.115 e. The summed E-state index contributed by atoms with van der Waals surface area (Å²) in [5.74, 6) is 0.310. The number of aromatic hydroxyl groups is 1. The molecule has 0 atom stereocenters. The van der Waals surface area contributed by atoms with Crippen molar-refractivity contribution in [3.05, 3.63) is 24.3 Å². The van der Waals surface area contributed by atoms with Gasteiger partial charge in [0.05, 0.1) is 0 Å². The van der Waals surface area contributed by atoms with Gasteiger partial charge in [-0.25, -0.2) is 0 Å². The first-order valence-corrected chi connectivity index (χ1v) is 5.06. The first kappa shape index (κ1) is 10.9. The number of benzene rings is 1. The van der Waals surface area contributed by atoms with E-state index in [2.05, 4.69) is 26.1 Å². The van der Waals surface area contributed by atoms with Crippen LogP contribution in [0.1, 0.15) is 27.2 Å². The van der Waals surface area contributed by atoms with Crippen LogP contribution in [-0.2, 0) is 0 Å². The van der Waals surface area contributed by atoms with Gasteiger partial charge in [-0.2, -0.15) is 0 Å². The van der Waals surface area contributed by atoms with Gasteiger partial charge in [0.25, 0.3) is 0 Å². The zero-order valence-electron chi connectivity index (χ0n) is 9.17. The van der Waals surface area contributed by atoms with Gasteiger partial charge in [-0.1, -0.05) is 20.8 Å². The predicted octanol–water partition coefficient (Wildman–Crippen LogP) is 3.24. The van der Waals surface area contributed by atoms with Crippen LogP contribution in [0.25, 0.3) is 0 Å². The van der Waals surface area contributed by atoms with Crippen molar-refractivity contribution in [2.45, 2.75) is 27.2 Å². The van der Waals surface area contributed by atoms with Crippen molar-refractivity contribution in [2.75, 3.05) is 11.9 Å². The Balaban J connectivity index is 2.50. The lowest BCUT2D eigenvalue weighted by Gasteiger charge is -2.23. The third-order valence-corrected chi connectivity index (χ3v) is 2.60. The number of nitrogens with one attached hydrogen (secondary N) is 1. The first-order valence-electron chi connectivity index (χ1n) is 5.06. The lowest BCUT2D eigenvalue weighted by molar-refractivity contribution is 0.377. The minimum Gasteiger partial charge on any atom is -0.508 e. The van der Waals surface area contributed by atoms with Crippen molar-refractivity contribution in [3.63, 3.8) is 0 Å². The summed E-state index contributed by atoms with van der Waals surface area (Å²) in [5.41, 5.74) is 1.38. The summed E-state index contributed by atoms with van der Waals surface area (Å²) in [4.78, 5) is 0. The molecule has 2 nitrogen and oxygen atoms in total. The molecule has 1 aromatic rings. The molecule has 0 unspecified atom stereocenters. The predicted molar refractivity (Wildman–Crippen MR) is 60.7 cm³/mol. The molecule has 0 amide bonds. The van der Waals surface area contributed by atoms with E-state index in [0.717, 1.165) is 18.7 Å². The molecular formula is C12H19NO. The largest absolute Gasteiger partial charge is 0.508 e. The average Bonchev–Trinajstić information content (AvgIpc) is 2.17. The zero-order chi connectivity index (χ0) is 10.6. The van der Waals surface area contributed by atoms with E-state index in [1.165, 1.54) is 0 Å². The standard InChI is InChI=1S/C12H19NO/c1-4-12(2,3)9-13-10-5-7-11(14)8-6-10/h5-8,13-14H,4,9H2,1-3H3. The molecule has 0 fully saturated rings. The molecule has 2 N–H and O–H groups in total. The Labute approximate surface area is 86.0 Å². The molecule has 1 rings (SSSR count). The van der Waals surface area contributed by atoms with E-state index in [1.54, 1.807) is 12.1 Å². The Hall–Kier alpha value is -1.18. The smallest absolute Gasteiger partial charge is 0.115 e. The fourth-order valence-electron chi connectivity index (χ4n) is 1.05. The molecule has 0 aliphatic heterocycles. The molecule has 0 spiro atoms. The highest BCUT2D eigenvalue weighted by molar-refractivity contribution is 5.46. The lowest BCUT2D eigenvalue weighted by Crippen LogP contribution is -2.21. The van der Waals surface area contributed by atoms with Gasteiger partial charge in [-0.15, -0.1) is 0 Å². The monoisotopic (exact) mass is 193 g/mol. The van der Waals surface area contributed by atoms with Crippen molar-refractivity contribution < 1.29 is 5.11 Å². The SMILES string of the molecule is CCC(C)(C)CNc1ccc(O)cc1. The van der Waals surface area contributed by atoms with Gasteiger partial charge >= 0.3 is 0 Å². The molecule has 1 aromatic carbocycles. The molecule has 0 bridgehead atoms. The second-order valence-electron chi connectivity index (χ2n) is 4.42. The molecule has 0 saturated heterocycles. The number of hydrogen-bond donors (Lipinski definition) is 2. The van der Waals surface area contributed by atoms with Crippen LogP contribution in [0.15, 0.2) is 24.3 Å². The summed E-state index contributed by atoms with van der Waals surface area (Å²) in [6.45, 7) is 7.62. The van der Waals surface area contributed by atoms with E-state index < -0.39 is 0 Å². The van der Waals surface area contributed by atoms with Crippen LogP contribution in [0.5, 0.6) is 5.75 Å². The number of rotatable bonds is 4. The van der Waals surface area contributed by atoms with E-state index in [-0.39, 0.29) is 0 Å². The second kappa shape index (κ2) is 4.36. The summed E-state index contributed by atoms with van der Waals surface area (Å²) < 4.78 is 0. The van der Waals surface area contributed by atoms with Crippen molar-refractivity contribution in [1.82, 2.24) is 0 Å². The van der Waals surface area contributed by atoms with E-state index in [4.69, 9.17) is 5.11 Å². The summed E-state index contributed by atoms with van der Waals surface area (Å²) in [5, 5.41) is 12.5. The normalized spacial score (nSPS) is 11.4. The summed E-state index contributed by atoms with van der Waals surface area (Å²) in [6.07, 6.45) is 1.15. The van der Waals surface area contributed by atoms with Crippen LogP contribution < -0.4 is 5.32 Å². The number of anilines is 1. The van der Waals surface area contributed by atoms with Gasteiger partial charge < -0.3 is 10.4 Å². The fraction of sp³-hybridized carbons (Fsp3) is 0.500.